The number of nitrogens with zero attached hydrogens (tertiary/aromatic N) is 5. The number of amides is 1. The molecule has 5 N–H and O–H groups in total. The first-order valence-corrected chi connectivity index (χ1v) is 14.9. The van der Waals surface area contributed by atoms with Crippen LogP contribution in [0.5, 0.6) is 0 Å². The number of rotatable bonds is 2. The van der Waals surface area contributed by atoms with Crippen LogP contribution in [0.25, 0.3) is 15.9 Å². The normalized spacial score (nSPS) is 24.2. The van der Waals surface area contributed by atoms with Gasteiger partial charge in [-0.3, -0.25) is 5.43 Å². The van der Waals surface area contributed by atoms with Gasteiger partial charge in [-0.2, -0.15) is 0 Å². The van der Waals surface area contributed by atoms with Gasteiger partial charge in [0, 0.05) is 0 Å². The van der Waals surface area contributed by atoms with Crippen molar-refractivity contribution in [2.75, 3.05) is 13.2 Å². The van der Waals surface area contributed by atoms with Crippen LogP contribution in [0.2, 0.25) is 0 Å². The summed E-state index contributed by atoms with van der Waals surface area (Å²) in [7, 11) is 0. The molecule has 205 valence electrons. The zero-order valence-electron chi connectivity index (χ0n) is 21.7. The molecule has 2 saturated heterocycles. The van der Waals surface area contributed by atoms with Crippen molar-refractivity contribution >= 4 is 53.4 Å². The Balaban J connectivity index is 0.000000323. The standard InChI is InChI=1S/C17H19N6O4S.C5H12N2O2.Pb/c1-9-19-16(17-23(24)18-6-13-14(27-17)7-25-8-26-13)22(21-9)11-3-4-12-15(5-11)28-10(2)20-12;1-5(2,3)9-4(8)7-6;/h3-5,8,13-14,17-18,24H,6-7H2,1-2H3;6H2,1-3H3,(H,7,8);. The van der Waals surface area contributed by atoms with Crippen molar-refractivity contribution in [1.82, 2.24) is 35.8 Å². The Morgan fingerprint density at radius 2 is 2.05 bits per heavy atom. The number of fused-ring (bicyclic) bond motifs is 2. The zero-order chi connectivity index (χ0) is 27.6. The van der Waals surface area contributed by atoms with Crippen molar-refractivity contribution in [1.29, 1.82) is 0 Å². The molecule has 0 aliphatic carbocycles. The first kappa shape index (κ1) is 29.2. The van der Waals surface area contributed by atoms with Gasteiger partial charge in [-0.15, -0.1) is 0 Å². The predicted octanol–water partition coefficient (Wildman–Crippen LogP) is 1.34. The van der Waals surface area contributed by atoms with E-state index in [1.807, 2.05) is 37.5 Å². The first-order chi connectivity index (χ1) is 17.9. The summed E-state index contributed by atoms with van der Waals surface area (Å²) in [6.07, 6.45) is -2.02. The maximum atomic E-state index is 10.6. The Morgan fingerprint density at radius 1 is 1.29 bits per heavy atom. The number of hydrogen-bond acceptors (Lipinski definition) is 13. The fourth-order valence-electron chi connectivity index (χ4n) is 3.79. The number of ether oxygens (including phenoxy) is 4. The molecule has 1 aromatic carbocycles. The number of aromatic nitrogens is 4. The van der Waals surface area contributed by atoms with E-state index in [1.165, 1.54) is 0 Å². The summed E-state index contributed by atoms with van der Waals surface area (Å²) in [5, 5.41) is 17.1. The summed E-state index contributed by atoms with van der Waals surface area (Å²) in [5.74, 6) is 5.80. The molecule has 2 aromatic heterocycles. The second-order valence-corrected chi connectivity index (χ2v) is 12.6. The van der Waals surface area contributed by atoms with Crippen molar-refractivity contribution in [3.63, 3.8) is 0 Å². The number of carbonyl (C=O) groups excluding carboxylic acids is 1. The van der Waals surface area contributed by atoms with Crippen LogP contribution in [0, 0.1) is 13.8 Å². The number of hydrazine groups is 2. The van der Waals surface area contributed by atoms with E-state index in [-0.39, 0.29) is 16.1 Å². The molecule has 3 aromatic rings. The first-order valence-electron chi connectivity index (χ1n) is 11.8. The van der Waals surface area contributed by atoms with Crippen LogP contribution in [-0.4, -0.2) is 96.8 Å². The molecule has 4 heterocycles. The molecule has 4 unspecified atom stereocenters. The molecular formula is C22H31N8O6PbS. The van der Waals surface area contributed by atoms with E-state index in [4.69, 9.17) is 24.8 Å². The van der Waals surface area contributed by atoms with E-state index < -0.39 is 17.9 Å². The van der Waals surface area contributed by atoms with Crippen molar-refractivity contribution in [3.05, 3.63) is 34.9 Å². The zero-order valence-corrected chi connectivity index (χ0v) is 26.4. The molecule has 0 bridgehead atoms. The van der Waals surface area contributed by atoms with Gasteiger partial charge in [0.25, 0.3) is 0 Å². The fourth-order valence-corrected chi connectivity index (χ4v) is 5.70. The third-order valence-electron chi connectivity index (χ3n) is 5.30. The summed E-state index contributed by atoms with van der Waals surface area (Å²) in [5.41, 5.74) is 6.11. The van der Waals surface area contributed by atoms with Gasteiger partial charge in [0.1, 0.15) is 5.60 Å². The van der Waals surface area contributed by atoms with Crippen molar-refractivity contribution in [2.45, 2.75) is 62.5 Å². The molecule has 4 atom stereocenters. The van der Waals surface area contributed by atoms with Crippen molar-refractivity contribution < 1.29 is 28.9 Å². The molecular weight excluding hydrogens is 712 g/mol. The quantitative estimate of drug-likeness (QED) is 0.129. The number of nitrogens with one attached hydrogen (secondary N) is 2. The van der Waals surface area contributed by atoms with Gasteiger partial charge in [0.15, 0.2) is 0 Å². The average Bonchev–Trinajstić information content (AvgIpc) is 3.37. The third-order valence-corrected chi connectivity index (χ3v) is 7.41. The number of nitrogens with two attached hydrogens (primary N) is 1. The molecule has 2 aliphatic heterocycles. The van der Waals surface area contributed by atoms with Gasteiger partial charge >= 0.3 is 176 Å². The van der Waals surface area contributed by atoms with E-state index in [0.29, 0.717) is 24.8 Å². The Labute approximate surface area is 239 Å². The molecule has 3 radical (unpaired) electrons. The SMILES string of the molecule is CC(C)(C)OC(=O)NN.Cc1nc(C2OC3CO[CH]([Pb])OC3CNN2O)n(-c2ccc3nc(C)sc3c2)n1. The summed E-state index contributed by atoms with van der Waals surface area (Å²) in [6.45, 7) is 9.91. The molecule has 2 aliphatic rings. The van der Waals surface area contributed by atoms with Crippen LogP contribution in [0.1, 0.15) is 43.7 Å². The molecule has 38 heavy (non-hydrogen) atoms. The average molecular weight is 743 g/mol. The van der Waals surface area contributed by atoms with E-state index in [2.05, 4.69) is 20.5 Å². The van der Waals surface area contributed by atoms with Gasteiger partial charge < -0.3 is 4.74 Å². The molecule has 16 heteroatoms. The van der Waals surface area contributed by atoms with Crippen LogP contribution in [0.15, 0.2) is 18.2 Å². The Morgan fingerprint density at radius 3 is 2.74 bits per heavy atom. The maximum absolute atomic E-state index is 10.6. The van der Waals surface area contributed by atoms with Crippen molar-refractivity contribution in [2.24, 2.45) is 5.84 Å². The fraction of sp³-hybridized carbons (Fsp3) is 0.545. The molecule has 1 amide bonds. The van der Waals surface area contributed by atoms with Gasteiger partial charge in [-0.25, -0.2) is 15.6 Å². The Kier molecular flexibility index (Phi) is 9.31. The second kappa shape index (κ2) is 12.1. The predicted molar refractivity (Wildman–Crippen MR) is 137 cm³/mol. The monoisotopic (exact) mass is 743 g/mol. The number of aryl methyl sites for hydroxylation is 2. The number of benzene rings is 1. The van der Waals surface area contributed by atoms with E-state index >= 15 is 0 Å². The molecule has 0 saturated carbocycles. The molecule has 14 nitrogen and oxygen atoms in total. The van der Waals surface area contributed by atoms with E-state index in [0.717, 1.165) is 51.9 Å². The number of hydrogen-bond donors (Lipinski definition) is 4. The third kappa shape index (κ3) is 7.21. The number of carbonyl (C=O) groups is 1. The summed E-state index contributed by atoms with van der Waals surface area (Å²) < 4.78 is 24.9. The van der Waals surface area contributed by atoms with Gasteiger partial charge in [-0.1, -0.05) is 0 Å². The van der Waals surface area contributed by atoms with E-state index in [9.17, 15) is 10.0 Å². The Hall–Kier alpha value is -1.84. The van der Waals surface area contributed by atoms with Crippen LogP contribution < -0.4 is 16.7 Å². The summed E-state index contributed by atoms with van der Waals surface area (Å²) >= 11 is 2.39. The van der Waals surface area contributed by atoms with Crippen LogP contribution >= 0.6 is 11.3 Å². The van der Waals surface area contributed by atoms with Gasteiger partial charge in [-0.05, 0) is 27.7 Å². The molecule has 2 fully saturated rings. The second-order valence-electron chi connectivity index (χ2n) is 9.53. The topological polar surface area (TPSA) is 171 Å². The van der Waals surface area contributed by atoms with Crippen LogP contribution in [0.3, 0.4) is 0 Å². The van der Waals surface area contributed by atoms with Crippen LogP contribution in [-0.2, 0) is 18.9 Å². The van der Waals surface area contributed by atoms with E-state index in [1.54, 1.807) is 36.8 Å². The van der Waals surface area contributed by atoms with Crippen molar-refractivity contribution in [3.8, 4) is 5.69 Å². The number of thiazole rings is 1. The summed E-state index contributed by atoms with van der Waals surface area (Å²) in [4.78, 5) is 19.4. The molecule has 5 rings (SSSR count). The van der Waals surface area contributed by atoms with Gasteiger partial charge in [0.05, 0.1) is 5.01 Å². The van der Waals surface area contributed by atoms with Crippen LogP contribution in [0.4, 0.5) is 4.79 Å². The van der Waals surface area contributed by atoms with Gasteiger partial charge in [0.2, 0.25) is 0 Å². The minimum atomic E-state index is -0.872. The number of hydroxylamine groups is 1. The minimum absolute atomic E-state index is 0.175. The summed E-state index contributed by atoms with van der Waals surface area (Å²) in [6, 6.07) is 5.92. The Bertz CT molecular complexity index is 1270. The molecule has 0 spiro atoms.